The van der Waals surface area contributed by atoms with Gasteiger partial charge in [0.05, 0.1) is 6.61 Å². The molecule has 0 bridgehead atoms. The molecule has 0 saturated carbocycles. The van der Waals surface area contributed by atoms with Gasteiger partial charge in [-0.05, 0) is 30.9 Å². The van der Waals surface area contributed by atoms with Gasteiger partial charge in [0.15, 0.2) is 5.82 Å². The third kappa shape index (κ3) is 2.43. The number of fused-ring (bicyclic) bond motifs is 1. The van der Waals surface area contributed by atoms with Crippen molar-refractivity contribution in [2.45, 2.75) is 32.1 Å². The second-order valence-electron chi connectivity index (χ2n) is 4.82. The number of hydrogen-bond acceptors (Lipinski definition) is 5. The lowest BCUT2D eigenvalue weighted by Gasteiger charge is -2.05. The molecule has 1 heterocycles. The van der Waals surface area contributed by atoms with Gasteiger partial charge in [-0.2, -0.15) is 4.98 Å². The van der Waals surface area contributed by atoms with Crippen molar-refractivity contribution >= 4 is 5.97 Å². The van der Waals surface area contributed by atoms with Crippen LogP contribution in [0, 0.1) is 0 Å². The summed E-state index contributed by atoms with van der Waals surface area (Å²) in [5.74, 6) is 0.817. The minimum atomic E-state index is -0.338. The number of hydrogen-bond donors (Lipinski definition) is 0. The van der Waals surface area contributed by atoms with Gasteiger partial charge < -0.3 is 9.26 Å². The van der Waals surface area contributed by atoms with Gasteiger partial charge in [0.1, 0.15) is 6.42 Å². The lowest BCUT2D eigenvalue weighted by molar-refractivity contribution is -0.142. The number of ether oxygens (including phenoxy) is 1. The number of esters is 1. The summed E-state index contributed by atoms with van der Waals surface area (Å²) in [6.07, 6.45) is 2.05. The van der Waals surface area contributed by atoms with E-state index in [0.717, 1.165) is 12.8 Å². The Bertz CT molecular complexity index is 621. The first-order valence-electron chi connectivity index (χ1n) is 6.84. The number of carbonyl (C=O) groups is 1. The summed E-state index contributed by atoms with van der Waals surface area (Å²) in [7, 11) is 0. The minimum absolute atomic E-state index is 0.0369. The number of carbonyl (C=O) groups excluding carboxylic acids is 1. The molecule has 1 atom stereocenters. The normalized spacial score (nSPS) is 16.9. The number of benzene rings is 1. The maximum atomic E-state index is 11.4. The van der Waals surface area contributed by atoms with Crippen molar-refractivity contribution in [3.05, 3.63) is 47.1 Å². The highest BCUT2D eigenvalue weighted by molar-refractivity contribution is 5.71. The molecular formula is C15H16N2O3. The van der Waals surface area contributed by atoms with Crippen LogP contribution in [0.25, 0.3) is 0 Å². The molecule has 0 radical (unpaired) electrons. The van der Waals surface area contributed by atoms with E-state index in [2.05, 4.69) is 22.3 Å². The summed E-state index contributed by atoms with van der Waals surface area (Å²) >= 11 is 0. The number of nitrogens with zero attached hydrogens (tertiary/aromatic N) is 2. The van der Waals surface area contributed by atoms with E-state index in [1.165, 1.54) is 11.1 Å². The van der Waals surface area contributed by atoms with Crippen LogP contribution in [0.15, 0.2) is 28.8 Å². The van der Waals surface area contributed by atoms with Crippen molar-refractivity contribution in [2.24, 2.45) is 0 Å². The molecule has 0 aliphatic heterocycles. The Kier molecular flexibility index (Phi) is 3.50. The fraction of sp³-hybridized carbons (Fsp3) is 0.400. The predicted octanol–water partition coefficient (Wildman–Crippen LogP) is 2.25. The van der Waals surface area contributed by atoms with Crippen LogP contribution >= 0.6 is 0 Å². The zero-order chi connectivity index (χ0) is 13.9. The summed E-state index contributed by atoms with van der Waals surface area (Å²) < 4.78 is 10.0. The summed E-state index contributed by atoms with van der Waals surface area (Å²) in [5.41, 5.74) is 2.60. The maximum Gasteiger partial charge on any atom is 0.315 e. The Morgan fingerprint density at radius 3 is 3.15 bits per heavy atom. The van der Waals surface area contributed by atoms with Gasteiger partial charge in [0, 0.05) is 5.92 Å². The molecule has 3 rings (SSSR count). The van der Waals surface area contributed by atoms with E-state index >= 15 is 0 Å². The van der Waals surface area contributed by atoms with Crippen molar-refractivity contribution in [1.29, 1.82) is 0 Å². The molecule has 1 aliphatic carbocycles. The lowest BCUT2D eigenvalue weighted by atomic mass is 10.0. The zero-order valence-corrected chi connectivity index (χ0v) is 11.3. The van der Waals surface area contributed by atoms with Crippen LogP contribution in [0.4, 0.5) is 0 Å². The molecule has 0 fully saturated rings. The molecule has 2 aromatic rings. The van der Waals surface area contributed by atoms with E-state index in [4.69, 9.17) is 9.26 Å². The number of aromatic nitrogens is 2. The van der Waals surface area contributed by atoms with E-state index in [1.807, 2.05) is 12.1 Å². The summed E-state index contributed by atoms with van der Waals surface area (Å²) in [6.45, 7) is 2.13. The molecule has 0 spiro atoms. The van der Waals surface area contributed by atoms with E-state index in [0.29, 0.717) is 18.3 Å². The molecule has 1 aromatic heterocycles. The van der Waals surface area contributed by atoms with Gasteiger partial charge in [0.2, 0.25) is 5.89 Å². The van der Waals surface area contributed by atoms with Crippen molar-refractivity contribution in [1.82, 2.24) is 10.1 Å². The van der Waals surface area contributed by atoms with Crippen molar-refractivity contribution in [3.63, 3.8) is 0 Å². The molecule has 1 aromatic carbocycles. The van der Waals surface area contributed by atoms with Crippen LogP contribution in [0.5, 0.6) is 0 Å². The first kappa shape index (κ1) is 12.8. The van der Waals surface area contributed by atoms with Crippen molar-refractivity contribution < 1.29 is 14.1 Å². The molecule has 5 heteroatoms. The standard InChI is InChI=1S/C15H16N2O3/c1-2-19-14(18)9-13-16-15(17-20-13)12-8-7-10-5-3-4-6-11(10)12/h3-6,12H,2,7-9H2,1H3. The lowest BCUT2D eigenvalue weighted by Crippen LogP contribution is -2.08. The van der Waals surface area contributed by atoms with Crippen LogP contribution in [-0.2, 0) is 22.4 Å². The van der Waals surface area contributed by atoms with Gasteiger partial charge in [-0.3, -0.25) is 4.79 Å². The predicted molar refractivity (Wildman–Crippen MR) is 71.2 cm³/mol. The second-order valence-corrected chi connectivity index (χ2v) is 4.82. The molecule has 1 unspecified atom stereocenters. The van der Waals surface area contributed by atoms with E-state index in [1.54, 1.807) is 6.92 Å². The third-order valence-corrected chi connectivity index (χ3v) is 3.53. The summed E-state index contributed by atoms with van der Waals surface area (Å²) in [4.78, 5) is 15.7. The molecule has 5 nitrogen and oxygen atoms in total. The second kappa shape index (κ2) is 5.45. The average Bonchev–Trinajstić information content (AvgIpc) is 3.05. The molecule has 0 N–H and O–H groups in total. The quantitative estimate of drug-likeness (QED) is 0.799. The Morgan fingerprint density at radius 1 is 1.45 bits per heavy atom. The van der Waals surface area contributed by atoms with Crippen LogP contribution in [-0.4, -0.2) is 22.7 Å². The van der Waals surface area contributed by atoms with Gasteiger partial charge in [-0.15, -0.1) is 0 Å². The largest absolute Gasteiger partial charge is 0.466 e. The number of rotatable bonds is 4. The Morgan fingerprint density at radius 2 is 2.30 bits per heavy atom. The van der Waals surface area contributed by atoms with Crippen molar-refractivity contribution in [2.75, 3.05) is 6.61 Å². The summed E-state index contributed by atoms with van der Waals surface area (Å²) in [5, 5.41) is 4.02. The Labute approximate surface area is 116 Å². The van der Waals surface area contributed by atoms with Crippen LogP contribution in [0.2, 0.25) is 0 Å². The minimum Gasteiger partial charge on any atom is -0.466 e. The zero-order valence-electron chi connectivity index (χ0n) is 11.3. The number of aryl methyl sites for hydroxylation is 1. The van der Waals surface area contributed by atoms with Crippen LogP contribution in [0.3, 0.4) is 0 Å². The summed E-state index contributed by atoms with van der Waals surface area (Å²) in [6, 6.07) is 8.31. The van der Waals surface area contributed by atoms with Gasteiger partial charge in [-0.25, -0.2) is 0 Å². The molecule has 104 valence electrons. The highest BCUT2D eigenvalue weighted by Gasteiger charge is 2.27. The fourth-order valence-electron chi connectivity index (χ4n) is 2.64. The topological polar surface area (TPSA) is 65.2 Å². The average molecular weight is 272 g/mol. The van der Waals surface area contributed by atoms with E-state index in [9.17, 15) is 4.79 Å². The fourth-order valence-corrected chi connectivity index (χ4v) is 2.64. The Hall–Kier alpha value is -2.17. The SMILES string of the molecule is CCOC(=O)Cc1nc(C2CCc3ccccc32)no1. The highest BCUT2D eigenvalue weighted by atomic mass is 16.5. The van der Waals surface area contributed by atoms with E-state index < -0.39 is 0 Å². The molecule has 20 heavy (non-hydrogen) atoms. The maximum absolute atomic E-state index is 11.4. The molecule has 0 saturated heterocycles. The first-order chi connectivity index (χ1) is 9.78. The van der Waals surface area contributed by atoms with Crippen LogP contribution < -0.4 is 0 Å². The molecular weight excluding hydrogens is 256 g/mol. The van der Waals surface area contributed by atoms with Gasteiger partial charge >= 0.3 is 5.97 Å². The highest BCUT2D eigenvalue weighted by Crippen LogP contribution is 2.36. The van der Waals surface area contributed by atoms with Gasteiger partial charge in [0.25, 0.3) is 0 Å². The molecule has 1 aliphatic rings. The molecule has 0 amide bonds. The first-order valence-corrected chi connectivity index (χ1v) is 6.84. The van der Waals surface area contributed by atoms with Crippen LogP contribution in [0.1, 0.15) is 42.1 Å². The van der Waals surface area contributed by atoms with Gasteiger partial charge in [-0.1, -0.05) is 29.4 Å². The monoisotopic (exact) mass is 272 g/mol. The third-order valence-electron chi connectivity index (χ3n) is 3.53. The van der Waals surface area contributed by atoms with Crippen molar-refractivity contribution in [3.8, 4) is 0 Å². The Balaban J connectivity index is 1.76. The smallest absolute Gasteiger partial charge is 0.315 e. The van der Waals surface area contributed by atoms with E-state index in [-0.39, 0.29) is 18.3 Å².